The van der Waals surface area contributed by atoms with Crippen molar-refractivity contribution in [2.24, 2.45) is 0 Å². The second-order valence-electron chi connectivity index (χ2n) is 7.39. The number of fused-ring (bicyclic) bond motifs is 1. The first kappa shape index (κ1) is 18.2. The molecule has 148 valence electrons. The highest BCUT2D eigenvalue weighted by atomic mass is 15.3. The van der Waals surface area contributed by atoms with Crippen molar-refractivity contribution in [2.45, 2.75) is 26.2 Å². The van der Waals surface area contributed by atoms with E-state index in [0.717, 1.165) is 59.1 Å². The van der Waals surface area contributed by atoms with Gasteiger partial charge in [-0.2, -0.15) is 5.10 Å². The third-order valence-electron chi connectivity index (χ3n) is 5.17. The highest BCUT2D eigenvalue weighted by Crippen LogP contribution is 2.29. The third kappa shape index (κ3) is 3.72. The Morgan fingerprint density at radius 3 is 2.67 bits per heavy atom. The average Bonchev–Trinajstić information content (AvgIpc) is 3.41. The second kappa shape index (κ2) is 7.91. The Morgan fingerprint density at radius 1 is 0.900 bits per heavy atom. The summed E-state index contributed by atoms with van der Waals surface area (Å²) in [6.45, 7) is 2.00. The molecule has 5 aromatic rings. The van der Waals surface area contributed by atoms with Crippen LogP contribution in [-0.4, -0.2) is 29.5 Å². The van der Waals surface area contributed by atoms with E-state index < -0.39 is 0 Å². The van der Waals surface area contributed by atoms with Crippen LogP contribution >= 0.6 is 0 Å². The zero-order valence-electron chi connectivity index (χ0n) is 16.8. The molecule has 0 aliphatic carbocycles. The van der Waals surface area contributed by atoms with Gasteiger partial charge in [-0.25, -0.2) is 14.5 Å². The first-order valence-electron chi connectivity index (χ1n) is 10.1. The normalized spacial score (nSPS) is 11.2. The molecule has 0 unspecified atom stereocenters. The fraction of sp³-hybridized carbons (Fsp3) is 0.167. The molecule has 4 aromatic heterocycles. The molecule has 0 fully saturated rings. The summed E-state index contributed by atoms with van der Waals surface area (Å²) in [6, 6.07) is 20.6. The average molecular weight is 394 g/mol. The molecule has 0 saturated carbocycles. The summed E-state index contributed by atoms with van der Waals surface area (Å²) in [5.41, 5.74) is 6.84. The summed E-state index contributed by atoms with van der Waals surface area (Å²) in [5.74, 6) is 0.970. The topological polar surface area (TPSA) is 71.8 Å². The Hall–Kier alpha value is -3.80. The van der Waals surface area contributed by atoms with Gasteiger partial charge in [-0.1, -0.05) is 36.4 Å². The minimum atomic E-state index is 0.813. The van der Waals surface area contributed by atoms with Crippen molar-refractivity contribution >= 4 is 5.65 Å². The molecule has 0 atom stereocenters. The monoisotopic (exact) mass is 394 g/mol. The van der Waals surface area contributed by atoms with Gasteiger partial charge in [0, 0.05) is 23.9 Å². The van der Waals surface area contributed by atoms with Crippen LogP contribution in [0.4, 0.5) is 0 Å². The highest BCUT2D eigenvalue weighted by molar-refractivity contribution is 5.77. The molecule has 0 saturated heterocycles. The molecule has 0 amide bonds. The Labute approximate surface area is 174 Å². The number of hydrogen-bond acceptors (Lipinski definition) is 4. The SMILES string of the molecule is Cc1cccc(-c2[nH]c(CCCc3ccccc3)nc2-c2ccc3ncnn3c2)n1. The van der Waals surface area contributed by atoms with E-state index >= 15 is 0 Å². The zero-order valence-corrected chi connectivity index (χ0v) is 16.8. The van der Waals surface area contributed by atoms with Gasteiger partial charge < -0.3 is 4.98 Å². The number of aromatic amines is 1. The van der Waals surface area contributed by atoms with Gasteiger partial charge in [0.15, 0.2) is 5.65 Å². The standard InChI is InChI=1S/C24H22N6/c1-17-7-5-11-20(27-17)24-23(19-13-14-22-25-16-26-30(22)15-19)28-21(29-24)12-6-10-18-8-3-2-4-9-18/h2-5,7-9,11,13-16H,6,10,12H2,1H3,(H,28,29). The number of nitrogens with zero attached hydrogens (tertiary/aromatic N) is 5. The molecule has 0 spiro atoms. The van der Waals surface area contributed by atoms with Gasteiger partial charge in [0.2, 0.25) is 0 Å². The van der Waals surface area contributed by atoms with Crippen LogP contribution in [0.3, 0.4) is 0 Å². The molecule has 4 heterocycles. The van der Waals surface area contributed by atoms with Crippen molar-refractivity contribution in [2.75, 3.05) is 0 Å². The number of aromatic nitrogens is 6. The lowest BCUT2D eigenvalue weighted by Gasteiger charge is -2.04. The van der Waals surface area contributed by atoms with Crippen molar-refractivity contribution in [3.63, 3.8) is 0 Å². The lowest BCUT2D eigenvalue weighted by atomic mass is 10.1. The van der Waals surface area contributed by atoms with Crippen LogP contribution < -0.4 is 0 Å². The van der Waals surface area contributed by atoms with Gasteiger partial charge in [0.1, 0.15) is 12.2 Å². The van der Waals surface area contributed by atoms with Crippen LogP contribution in [0.25, 0.3) is 28.3 Å². The maximum absolute atomic E-state index is 4.95. The molecule has 0 bridgehead atoms. The number of aryl methyl sites for hydroxylation is 3. The molecule has 0 aliphatic rings. The van der Waals surface area contributed by atoms with E-state index in [2.05, 4.69) is 45.4 Å². The Kier molecular flexibility index (Phi) is 4.81. The molecular formula is C24H22N6. The van der Waals surface area contributed by atoms with Crippen molar-refractivity contribution < 1.29 is 0 Å². The van der Waals surface area contributed by atoms with Crippen LogP contribution in [0.15, 0.2) is 73.2 Å². The summed E-state index contributed by atoms with van der Waals surface area (Å²) < 4.78 is 1.77. The highest BCUT2D eigenvalue weighted by Gasteiger charge is 2.16. The second-order valence-corrected chi connectivity index (χ2v) is 7.39. The molecule has 6 nitrogen and oxygen atoms in total. The summed E-state index contributed by atoms with van der Waals surface area (Å²) in [6.07, 6.45) is 6.45. The van der Waals surface area contributed by atoms with Crippen LogP contribution in [0.5, 0.6) is 0 Å². The van der Waals surface area contributed by atoms with Gasteiger partial charge in [0.05, 0.1) is 17.1 Å². The Bertz CT molecular complexity index is 1290. The predicted molar refractivity (Wildman–Crippen MR) is 117 cm³/mol. The van der Waals surface area contributed by atoms with Gasteiger partial charge in [-0.05, 0) is 49.6 Å². The smallest absolute Gasteiger partial charge is 0.155 e. The first-order valence-corrected chi connectivity index (χ1v) is 10.1. The largest absolute Gasteiger partial charge is 0.340 e. The number of imidazole rings is 1. The lowest BCUT2D eigenvalue weighted by Crippen LogP contribution is -1.92. The lowest BCUT2D eigenvalue weighted by molar-refractivity contribution is 0.783. The molecule has 1 N–H and O–H groups in total. The van der Waals surface area contributed by atoms with Crippen molar-refractivity contribution in [1.82, 2.24) is 29.5 Å². The van der Waals surface area contributed by atoms with E-state index in [9.17, 15) is 0 Å². The maximum Gasteiger partial charge on any atom is 0.155 e. The number of benzene rings is 1. The van der Waals surface area contributed by atoms with Crippen molar-refractivity contribution in [3.05, 3.63) is 90.3 Å². The third-order valence-corrected chi connectivity index (χ3v) is 5.17. The quantitative estimate of drug-likeness (QED) is 0.454. The van der Waals surface area contributed by atoms with E-state index in [1.165, 1.54) is 5.56 Å². The van der Waals surface area contributed by atoms with Gasteiger partial charge in [-0.3, -0.25) is 4.98 Å². The van der Waals surface area contributed by atoms with E-state index in [-0.39, 0.29) is 0 Å². The fourth-order valence-electron chi connectivity index (χ4n) is 3.68. The predicted octanol–water partition coefficient (Wildman–Crippen LogP) is 4.67. The van der Waals surface area contributed by atoms with Gasteiger partial charge in [-0.15, -0.1) is 0 Å². The van der Waals surface area contributed by atoms with E-state index in [1.807, 2.05) is 43.5 Å². The fourth-order valence-corrected chi connectivity index (χ4v) is 3.68. The van der Waals surface area contributed by atoms with Crippen molar-refractivity contribution in [3.8, 4) is 22.6 Å². The molecule has 1 aromatic carbocycles. The van der Waals surface area contributed by atoms with Crippen LogP contribution in [-0.2, 0) is 12.8 Å². The number of rotatable bonds is 6. The molecule has 5 rings (SSSR count). The molecule has 6 heteroatoms. The van der Waals surface area contributed by atoms with E-state index in [4.69, 9.17) is 9.97 Å². The van der Waals surface area contributed by atoms with Crippen LogP contribution in [0.2, 0.25) is 0 Å². The maximum atomic E-state index is 4.95. The number of H-pyrrole nitrogens is 1. The van der Waals surface area contributed by atoms with Gasteiger partial charge >= 0.3 is 0 Å². The Balaban J connectivity index is 1.49. The number of nitrogens with one attached hydrogen (secondary N) is 1. The minimum Gasteiger partial charge on any atom is -0.340 e. The van der Waals surface area contributed by atoms with Gasteiger partial charge in [0.25, 0.3) is 0 Å². The molecule has 30 heavy (non-hydrogen) atoms. The van der Waals surface area contributed by atoms with E-state index in [1.54, 1.807) is 10.8 Å². The summed E-state index contributed by atoms with van der Waals surface area (Å²) in [7, 11) is 0. The zero-order chi connectivity index (χ0) is 20.3. The molecule has 0 radical (unpaired) electrons. The summed E-state index contributed by atoms with van der Waals surface area (Å²) >= 11 is 0. The number of hydrogen-bond donors (Lipinski definition) is 1. The van der Waals surface area contributed by atoms with Crippen LogP contribution in [0, 0.1) is 6.92 Å². The molecular weight excluding hydrogens is 372 g/mol. The van der Waals surface area contributed by atoms with Crippen molar-refractivity contribution in [1.29, 1.82) is 0 Å². The summed E-state index contributed by atoms with van der Waals surface area (Å²) in [5, 5.41) is 4.26. The number of pyridine rings is 2. The minimum absolute atomic E-state index is 0.813. The van der Waals surface area contributed by atoms with Crippen LogP contribution in [0.1, 0.15) is 23.5 Å². The first-order chi connectivity index (χ1) is 14.8. The summed E-state index contributed by atoms with van der Waals surface area (Å²) in [4.78, 5) is 17.4. The Morgan fingerprint density at radius 2 is 1.80 bits per heavy atom. The molecule has 0 aliphatic heterocycles. The van der Waals surface area contributed by atoms with E-state index in [0.29, 0.717) is 0 Å².